The minimum Gasteiger partial charge on any atom is -0.311 e. The maximum Gasteiger partial charge on any atom is 0.0634 e. The molecule has 4 heteroatoms. The van der Waals surface area contributed by atoms with Gasteiger partial charge >= 0.3 is 0 Å². The molecule has 14 rings (SSSR count). The van der Waals surface area contributed by atoms with Crippen molar-refractivity contribution in [2.45, 2.75) is 20.8 Å². The number of benzene rings is 10. The number of anilines is 5. The lowest BCUT2D eigenvalue weighted by atomic mass is 9.89. The molecule has 0 saturated carbocycles. The quantitative estimate of drug-likeness (QED) is 0.127. The maximum atomic E-state index is 4.71. The summed E-state index contributed by atoms with van der Waals surface area (Å²) in [4.78, 5) is 4.67. The first-order valence-electron chi connectivity index (χ1n) is 25.2. The van der Waals surface area contributed by atoms with E-state index in [4.69, 9.17) is 6.58 Å². The Kier molecular flexibility index (Phi) is 9.67. The molecule has 0 saturated heterocycles. The van der Waals surface area contributed by atoms with Crippen molar-refractivity contribution in [1.29, 1.82) is 0 Å². The van der Waals surface area contributed by atoms with Gasteiger partial charge in [0.25, 0.3) is 0 Å². The van der Waals surface area contributed by atoms with Crippen LogP contribution < -0.4 is 9.80 Å². The summed E-state index contributed by atoms with van der Waals surface area (Å²) in [6.45, 7) is 11.1. The van der Waals surface area contributed by atoms with E-state index in [0.29, 0.717) is 0 Å². The zero-order valence-corrected chi connectivity index (χ0v) is 41.0. The monoisotopic (exact) mass is 934 g/mol. The Balaban J connectivity index is 1.16. The highest BCUT2D eigenvalue weighted by atomic mass is 15.2. The number of hydrogen-bond donors (Lipinski definition) is 0. The van der Waals surface area contributed by atoms with Gasteiger partial charge in [0, 0.05) is 88.4 Å². The number of hydrogen-bond acceptors (Lipinski definition) is 2. The van der Waals surface area contributed by atoms with Crippen molar-refractivity contribution in [3.63, 3.8) is 0 Å². The molecule has 0 N–H and O–H groups in total. The second kappa shape index (κ2) is 16.6. The highest BCUT2D eigenvalue weighted by molar-refractivity contribution is 6.38. The van der Waals surface area contributed by atoms with Gasteiger partial charge in [-0.1, -0.05) is 182 Å². The average molecular weight is 935 g/mol. The molecule has 0 fully saturated rings. The van der Waals surface area contributed by atoms with Gasteiger partial charge in [0.2, 0.25) is 0 Å². The van der Waals surface area contributed by atoms with Crippen LogP contribution in [0, 0.1) is 0 Å². The van der Waals surface area contributed by atoms with E-state index in [0.717, 1.165) is 45.2 Å². The lowest BCUT2D eigenvalue weighted by Crippen LogP contribution is -2.14. The fourth-order valence-corrected chi connectivity index (χ4v) is 12.2. The molecule has 4 heterocycles. The van der Waals surface area contributed by atoms with Crippen molar-refractivity contribution in [2.24, 2.45) is 0 Å². The molecular formula is C69H50N4. The van der Waals surface area contributed by atoms with Crippen LogP contribution in [0.3, 0.4) is 0 Å². The molecule has 0 radical (unpaired) electrons. The minimum atomic E-state index is 0.898. The summed E-state index contributed by atoms with van der Waals surface area (Å²) in [5.41, 5.74) is 20.8. The van der Waals surface area contributed by atoms with E-state index in [2.05, 4.69) is 276 Å². The van der Waals surface area contributed by atoms with Gasteiger partial charge in [-0.3, -0.25) is 0 Å². The van der Waals surface area contributed by atoms with Crippen LogP contribution in [0.4, 0.5) is 28.4 Å². The Morgan fingerprint density at radius 3 is 1.25 bits per heavy atom. The van der Waals surface area contributed by atoms with Gasteiger partial charge in [-0.05, 0) is 104 Å². The Hall–Kier alpha value is -9.38. The Bertz CT molecular complexity index is 4460. The number of fused-ring (bicyclic) bond motifs is 12. The van der Waals surface area contributed by atoms with Gasteiger partial charge in [0.1, 0.15) is 0 Å². The van der Waals surface area contributed by atoms with Crippen LogP contribution in [-0.2, 0) is 0 Å². The lowest BCUT2D eigenvalue weighted by Gasteiger charge is -2.26. The van der Waals surface area contributed by atoms with Gasteiger partial charge < -0.3 is 18.6 Å². The molecule has 4 nitrogen and oxygen atoms in total. The molecule has 0 atom stereocenters. The second-order valence-corrected chi connectivity index (χ2v) is 19.7. The third-order valence-corrected chi connectivity index (χ3v) is 14.9. The van der Waals surface area contributed by atoms with Crippen LogP contribution in [0.25, 0.3) is 98.4 Å². The van der Waals surface area contributed by atoms with E-state index in [1.54, 1.807) is 0 Å². The third kappa shape index (κ3) is 6.47. The number of aromatic nitrogens is 2. The van der Waals surface area contributed by atoms with E-state index >= 15 is 0 Å². The summed E-state index contributed by atoms with van der Waals surface area (Å²) >= 11 is 0. The van der Waals surface area contributed by atoms with Crippen LogP contribution in [0.5, 0.6) is 0 Å². The summed E-state index contributed by atoms with van der Waals surface area (Å²) in [7, 11) is 0. The summed E-state index contributed by atoms with van der Waals surface area (Å²) in [6, 6.07) is 82.2. The summed E-state index contributed by atoms with van der Waals surface area (Å²) in [6.07, 6.45) is 4.41. The molecule has 14 aromatic rings. The summed E-state index contributed by atoms with van der Waals surface area (Å²) in [5, 5.41) is 9.89. The number of para-hydroxylation sites is 5. The van der Waals surface area contributed by atoms with Crippen molar-refractivity contribution in [2.75, 3.05) is 9.80 Å². The van der Waals surface area contributed by atoms with Crippen LogP contribution in [0.15, 0.2) is 260 Å². The molecule has 0 spiro atoms. The standard InChI is InChI=1S/C69H50N4/c1-44(2)40-45(3)41-46(4)70(49-26-14-7-15-27-49)52-36-38-54-56-32-20-34-58-64-63(48-24-12-6-13-25-48)69-65(62(47-22-10-5-11-23-47)68(64)72(66(56)58)60(54)42-52)59-35-21-33-57-55-39-37-53(43-61(55)73(69)67(57)59)71(50-28-16-8-17-29-50)51-30-18-9-19-31-51/h5-43H,4H2,1-3H3/b45-41-. The van der Waals surface area contributed by atoms with Gasteiger partial charge in [0.05, 0.1) is 33.1 Å². The first-order valence-corrected chi connectivity index (χ1v) is 25.2. The molecule has 0 aliphatic heterocycles. The largest absolute Gasteiger partial charge is 0.311 e. The Labute approximate surface area is 424 Å². The number of nitrogens with zero attached hydrogens (tertiary/aromatic N) is 4. The number of allylic oxidation sites excluding steroid dienone is 4. The predicted molar refractivity (Wildman–Crippen MR) is 312 cm³/mol. The van der Waals surface area contributed by atoms with E-state index in [-0.39, 0.29) is 0 Å². The van der Waals surface area contributed by atoms with Crippen LogP contribution in [0.1, 0.15) is 20.8 Å². The maximum absolute atomic E-state index is 4.71. The fourth-order valence-electron chi connectivity index (χ4n) is 12.2. The molecule has 346 valence electrons. The Morgan fingerprint density at radius 1 is 0.370 bits per heavy atom. The van der Waals surface area contributed by atoms with E-state index in [9.17, 15) is 0 Å². The van der Waals surface area contributed by atoms with Crippen LogP contribution in [-0.4, -0.2) is 8.80 Å². The molecule has 73 heavy (non-hydrogen) atoms. The smallest absolute Gasteiger partial charge is 0.0634 e. The van der Waals surface area contributed by atoms with Gasteiger partial charge in [-0.25, -0.2) is 0 Å². The molecule has 0 unspecified atom stereocenters. The molecular weight excluding hydrogens is 885 g/mol. The van der Waals surface area contributed by atoms with Crippen molar-refractivity contribution >= 4 is 105 Å². The topological polar surface area (TPSA) is 15.3 Å². The highest BCUT2D eigenvalue weighted by Gasteiger charge is 2.31. The predicted octanol–water partition coefficient (Wildman–Crippen LogP) is 19.4. The van der Waals surface area contributed by atoms with Crippen LogP contribution in [0.2, 0.25) is 0 Å². The van der Waals surface area contributed by atoms with Gasteiger partial charge in [-0.2, -0.15) is 0 Å². The molecule has 10 aromatic carbocycles. The second-order valence-electron chi connectivity index (χ2n) is 19.7. The molecule has 0 aliphatic rings. The van der Waals surface area contributed by atoms with Crippen LogP contribution >= 0.6 is 0 Å². The van der Waals surface area contributed by atoms with E-state index < -0.39 is 0 Å². The van der Waals surface area contributed by atoms with Crippen molar-refractivity contribution < 1.29 is 0 Å². The van der Waals surface area contributed by atoms with Gasteiger partial charge in [0.15, 0.2) is 0 Å². The Morgan fingerprint density at radius 2 is 0.781 bits per heavy atom. The molecule has 4 aromatic heterocycles. The summed E-state index contributed by atoms with van der Waals surface area (Å²) in [5.74, 6) is 0. The summed E-state index contributed by atoms with van der Waals surface area (Å²) < 4.78 is 5.21. The van der Waals surface area contributed by atoms with E-state index in [1.165, 1.54) is 98.5 Å². The SMILES string of the molecule is C=C(/C=C(/C)C=C(C)C)N(c1ccccc1)c1ccc2c3cccc4c5c(-c6ccccc6)c6c(c(-c7ccccc7)c5n(c2c1)c34)c1cccc2c3ccc(N(c4ccccc4)c4ccccc4)cc3n6c21. The minimum absolute atomic E-state index is 0.898. The van der Waals surface area contributed by atoms with Crippen molar-refractivity contribution in [1.82, 2.24) is 8.80 Å². The van der Waals surface area contributed by atoms with Gasteiger partial charge in [-0.15, -0.1) is 0 Å². The molecule has 0 aliphatic carbocycles. The molecule has 0 bridgehead atoms. The molecule has 0 amide bonds. The normalized spacial score (nSPS) is 12.2. The average Bonchev–Trinajstić information content (AvgIpc) is 4.16. The van der Waals surface area contributed by atoms with E-state index in [1.807, 2.05) is 0 Å². The first kappa shape index (κ1) is 42.5. The zero-order valence-electron chi connectivity index (χ0n) is 41.0. The fraction of sp³-hybridized carbons (Fsp3) is 0.0435. The van der Waals surface area contributed by atoms with Crippen molar-refractivity contribution in [3.8, 4) is 22.3 Å². The number of rotatable bonds is 10. The van der Waals surface area contributed by atoms with Crippen molar-refractivity contribution in [3.05, 3.63) is 260 Å². The lowest BCUT2D eigenvalue weighted by molar-refractivity contribution is 1.21. The zero-order chi connectivity index (χ0) is 48.9. The highest BCUT2D eigenvalue weighted by Crippen LogP contribution is 2.54. The first-order chi connectivity index (χ1) is 35.9. The third-order valence-electron chi connectivity index (χ3n) is 14.9.